The summed E-state index contributed by atoms with van der Waals surface area (Å²) in [5, 5.41) is 6.98. The molecule has 1 unspecified atom stereocenters. The molecule has 0 bridgehead atoms. The molecule has 26 heavy (non-hydrogen) atoms. The maximum Gasteiger partial charge on any atom is 0.243 e. The Morgan fingerprint density at radius 3 is 2.50 bits per heavy atom. The lowest BCUT2D eigenvalue weighted by molar-refractivity contribution is -0.127. The average molecular weight is 479 g/mol. The standard InChI is InChI=1S/C19H37N5O.HI/c1-4-17-11-7-8-13-24(17)14-12-20-19(21-15-18(25)23(2)3)22-16-9-5-6-10-16;/h16-17H,4-15H2,1-3H3,(H2,20,21,22);1H. The minimum absolute atomic E-state index is 0. The summed E-state index contributed by atoms with van der Waals surface area (Å²) in [5.74, 6) is 0.835. The fraction of sp³-hybridized carbons (Fsp3) is 0.895. The van der Waals surface area contributed by atoms with Crippen LogP contribution in [-0.4, -0.2) is 74.0 Å². The molecular weight excluding hydrogens is 441 g/mol. The maximum atomic E-state index is 11.8. The number of hydrogen-bond acceptors (Lipinski definition) is 3. The van der Waals surface area contributed by atoms with Crippen molar-refractivity contribution in [1.82, 2.24) is 20.4 Å². The van der Waals surface area contributed by atoms with E-state index < -0.39 is 0 Å². The highest BCUT2D eigenvalue weighted by Crippen LogP contribution is 2.19. The Kier molecular flexibility index (Phi) is 11.5. The minimum Gasteiger partial charge on any atom is -0.355 e. The third-order valence-electron chi connectivity index (χ3n) is 5.48. The first-order chi connectivity index (χ1) is 12.1. The van der Waals surface area contributed by atoms with Gasteiger partial charge in [-0.2, -0.15) is 0 Å². The largest absolute Gasteiger partial charge is 0.355 e. The number of carbonyl (C=O) groups excluding carboxylic acids is 1. The molecule has 1 aliphatic heterocycles. The van der Waals surface area contributed by atoms with Gasteiger partial charge in [0.1, 0.15) is 6.54 Å². The Morgan fingerprint density at radius 1 is 1.15 bits per heavy atom. The van der Waals surface area contributed by atoms with Crippen molar-refractivity contribution in [1.29, 1.82) is 0 Å². The molecule has 0 aromatic heterocycles. The second kappa shape index (κ2) is 12.8. The molecule has 2 fully saturated rings. The van der Waals surface area contributed by atoms with Gasteiger partial charge in [-0.15, -0.1) is 24.0 Å². The fourth-order valence-electron chi connectivity index (χ4n) is 3.84. The van der Waals surface area contributed by atoms with Crippen molar-refractivity contribution in [3.63, 3.8) is 0 Å². The van der Waals surface area contributed by atoms with Crippen LogP contribution in [0, 0.1) is 0 Å². The van der Waals surface area contributed by atoms with Crippen LogP contribution in [0.2, 0.25) is 0 Å². The van der Waals surface area contributed by atoms with E-state index in [0.717, 1.165) is 25.1 Å². The number of aliphatic imine (C=N–C) groups is 1. The van der Waals surface area contributed by atoms with Crippen molar-refractivity contribution in [3.8, 4) is 0 Å². The van der Waals surface area contributed by atoms with E-state index >= 15 is 0 Å². The molecule has 1 amide bonds. The number of nitrogens with zero attached hydrogens (tertiary/aromatic N) is 3. The Bertz CT molecular complexity index is 438. The smallest absolute Gasteiger partial charge is 0.243 e. The lowest BCUT2D eigenvalue weighted by atomic mass is 10.0. The van der Waals surface area contributed by atoms with E-state index in [4.69, 9.17) is 0 Å². The van der Waals surface area contributed by atoms with Gasteiger partial charge in [0.2, 0.25) is 5.91 Å². The first kappa shape index (κ1) is 23.5. The second-order valence-electron chi connectivity index (χ2n) is 7.60. The van der Waals surface area contributed by atoms with Gasteiger partial charge in [0, 0.05) is 39.3 Å². The first-order valence-electron chi connectivity index (χ1n) is 10.1. The third-order valence-corrected chi connectivity index (χ3v) is 5.48. The molecule has 1 saturated heterocycles. The first-order valence-corrected chi connectivity index (χ1v) is 10.1. The molecule has 1 saturated carbocycles. The Hall–Kier alpha value is -0.570. The zero-order valence-electron chi connectivity index (χ0n) is 16.8. The highest BCUT2D eigenvalue weighted by molar-refractivity contribution is 14.0. The number of likely N-dealkylation sites (tertiary alicyclic amines) is 1. The Labute approximate surface area is 176 Å². The summed E-state index contributed by atoms with van der Waals surface area (Å²) < 4.78 is 0. The zero-order valence-corrected chi connectivity index (χ0v) is 19.1. The summed E-state index contributed by atoms with van der Waals surface area (Å²) in [5.41, 5.74) is 0. The third kappa shape index (κ3) is 7.98. The number of carbonyl (C=O) groups is 1. The summed E-state index contributed by atoms with van der Waals surface area (Å²) >= 11 is 0. The molecule has 2 N–H and O–H groups in total. The number of rotatable bonds is 7. The summed E-state index contributed by atoms with van der Waals surface area (Å²) in [6, 6.07) is 1.23. The summed E-state index contributed by atoms with van der Waals surface area (Å²) in [7, 11) is 3.55. The van der Waals surface area contributed by atoms with Crippen molar-refractivity contribution >= 4 is 35.8 Å². The number of nitrogens with one attached hydrogen (secondary N) is 2. The molecule has 0 aromatic rings. The average Bonchev–Trinajstić information content (AvgIpc) is 3.12. The summed E-state index contributed by atoms with van der Waals surface area (Å²) in [6.07, 6.45) is 10.2. The van der Waals surface area contributed by atoms with Crippen molar-refractivity contribution in [2.24, 2.45) is 4.99 Å². The Morgan fingerprint density at radius 2 is 1.85 bits per heavy atom. The number of guanidine groups is 1. The van der Waals surface area contributed by atoms with Gasteiger partial charge in [-0.05, 0) is 38.6 Å². The monoisotopic (exact) mass is 479 g/mol. The fourth-order valence-corrected chi connectivity index (χ4v) is 3.84. The highest BCUT2D eigenvalue weighted by atomic mass is 127. The molecule has 7 heteroatoms. The lowest BCUT2D eigenvalue weighted by Crippen LogP contribution is -2.47. The van der Waals surface area contributed by atoms with Gasteiger partial charge < -0.3 is 15.5 Å². The number of piperidine rings is 1. The number of hydrogen-bond donors (Lipinski definition) is 2. The molecule has 1 heterocycles. The van der Waals surface area contributed by atoms with E-state index in [2.05, 4.69) is 27.4 Å². The van der Waals surface area contributed by atoms with Gasteiger partial charge in [-0.25, -0.2) is 4.99 Å². The molecule has 0 spiro atoms. The topological polar surface area (TPSA) is 60.0 Å². The predicted octanol–water partition coefficient (Wildman–Crippen LogP) is 2.43. The number of amides is 1. The van der Waals surface area contributed by atoms with Crippen LogP contribution in [-0.2, 0) is 4.79 Å². The van der Waals surface area contributed by atoms with Gasteiger partial charge in [-0.3, -0.25) is 9.69 Å². The number of halogens is 1. The van der Waals surface area contributed by atoms with Gasteiger partial charge in [0.25, 0.3) is 0 Å². The van der Waals surface area contributed by atoms with Gasteiger partial charge in [-0.1, -0.05) is 26.2 Å². The Balaban J connectivity index is 0.00000338. The van der Waals surface area contributed by atoms with E-state index in [-0.39, 0.29) is 36.4 Å². The van der Waals surface area contributed by atoms with Crippen LogP contribution in [0.15, 0.2) is 4.99 Å². The van der Waals surface area contributed by atoms with E-state index in [1.807, 2.05) is 0 Å². The van der Waals surface area contributed by atoms with Crippen molar-refractivity contribution in [2.45, 2.75) is 70.4 Å². The quantitative estimate of drug-likeness (QED) is 0.335. The zero-order chi connectivity index (χ0) is 18.1. The van der Waals surface area contributed by atoms with Gasteiger partial charge in [0.15, 0.2) is 5.96 Å². The van der Waals surface area contributed by atoms with E-state index in [1.54, 1.807) is 19.0 Å². The maximum absolute atomic E-state index is 11.8. The number of likely N-dealkylation sites (N-methyl/N-ethyl adjacent to an activating group) is 1. The van der Waals surface area contributed by atoms with Crippen LogP contribution in [0.1, 0.15) is 58.3 Å². The molecule has 0 radical (unpaired) electrons. The summed E-state index contributed by atoms with van der Waals surface area (Å²) in [6.45, 7) is 5.63. The minimum atomic E-state index is 0. The van der Waals surface area contributed by atoms with Crippen molar-refractivity contribution in [2.75, 3.05) is 40.3 Å². The molecule has 0 aromatic carbocycles. The molecule has 2 rings (SSSR count). The van der Waals surface area contributed by atoms with E-state index in [9.17, 15) is 4.79 Å². The molecular formula is C19H38IN5O. The lowest BCUT2D eigenvalue weighted by Gasteiger charge is -2.35. The van der Waals surface area contributed by atoms with Crippen molar-refractivity contribution < 1.29 is 4.79 Å². The highest BCUT2D eigenvalue weighted by Gasteiger charge is 2.21. The van der Waals surface area contributed by atoms with Crippen LogP contribution < -0.4 is 10.6 Å². The molecule has 1 atom stereocenters. The van der Waals surface area contributed by atoms with Crippen molar-refractivity contribution in [3.05, 3.63) is 0 Å². The van der Waals surface area contributed by atoms with Crippen LogP contribution >= 0.6 is 24.0 Å². The van der Waals surface area contributed by atoms with E-state index in [0.29, 0.717) is 6.04 Å². The SMILES string of the molecule is CCC1CCCCN1CCNC(=NCC(=O)N(C)C)NC1CCCC1.I. The van der Waals surface area contributed by atoms with Gasteiger partial charge >= 0.3 is 0 Å². The van der Waals surface area contributed by atoms with Crippen LogP contribution in [0.25, 0.3) is 0 Å². The molecule has 6 nitrogen and oxygen atoms in total. The second-order valence-corrected chi connectivity index (χ2v) is 7.60. The summed E-state index contributed by atoms with van der Waals surface area (Å²) in [4.78, 5) is 20.6. The molecule has 2 aliphatic rings. The molecule has 1 aliphatic carbocycles. The molecule has 152 valence electrons. The van der Waals surface area contributed by atoms with E-state index in [1.165, 1.54) is 57.9 Å². The van der Waals surface area contributed by atoms with Crippen LogP contribution in [0.4, 0.5) is 0 Å². The van der Waals surface area contributed by atoms with Gasteiger partial charge in [0.05, 0.1) is 0 Å². The predicted molar refractivity (Wildman–Crippen MR) is 119 cm³/mol. The normalized spacial score (nSPS) is 22.0. The van der Waals surface area contributed by atoms with Crippen LogP contribution in [0.3, 0.4) is 0 Å². The van der Waals surface area contributed by atoms with Crippen LogP contribution in [0.5, 0.6) is 0 Å².